The molecule has 0 spiro atoms. The number of benzene rings is 1. The van der Waals surface area contributed by atoms with Gasteiger partial charge in [-0.15, -0.1) is 0 Å². The number of hydrogen-bond acceptors (Lipinski definition) is 5. The number of aliphatic hydroxyl groups is 1. The molecule has 0 radical (unpaired) electrons. The number of pyridine rings is 1. The standard InChI is InChI=1S/C27H33N3O4/c1-18(2)11-12-21-13-23-25(28-14-21)34-24(19(3)15-30(27(23)33)20(4)17-31)16-29(5)26(32)22-9-7-6-8-10-22/h6-10,13-14,18-20,24,31H,15-17H2,1-5H3/t19-,20-,24-/m0/s1. The van der Waals surface area contributed by atoms with Crippen molar-refractivity contribution < 1.29 is 19.4 Å². The summed E-state index contributed by atoms with van der Waals surface area (Å²) in [5, 5.41) is 9.80. The summed E-state index contributed by atoms with van der Waals surface area (Å²) >= 11 is 0. The summed E-state index contributed by atoms with van der Waals surface area (Å²) in [6.45, 7) is 8.30. The Morgan fingerprint density at radius 2 is 2.00 bits per heavy atom. The Labute approximate surface area is 201 Å². The van der Waals surface area contributed by atoms with Crippen LogP contribution in [0.5, 0.6) is 5.88 Å². The second-order valence-corrected chi connectivity index (χ2v) is 9.18. The zero-order valence-corrected chi connectivity index (χ0v) is 20.5. The number of likely N-dealkylation sites (N-methyl/N-ethyl adjacent to an activating group) is 1. The van der Waals surface area contributed by atoms with E-state index in [9.17, 15) is 14.7 Å². The molecule has 7 heteroatoms. The van der Waals surface area contributed by atoms with Crippen LogP contribution in [0.1, 0.15) is 54.0 Å². The first kappa shape index (κ1) is 25.3. The van der Waals surface area contributed by atoms with E-state index in [2.05, 4.69) is 16.8 Å². The molecule has 0 saturated carbocycles. The molecule has 1 aromatic heterocycles. The number of amides is 2. The van der Waals surface area contributed by atoms with E-state index in [4.69, 9.17) is 4.74 Å². The maximum atomic E-state index is 13.4. The van der Waals surface area contributed by atoms with Gasteiger partial charge in [-0.05, 0) is 25.1 Å². The summed E-state index contributed by atoms with van der Waals surface area (Å²) in [6, 6.07) is 10.4. The fourth-order valence-corrected chi connectivity index (χ4v) is 3.77. The minimum absolute atomic E-state index is 0.109. The topological polar surface area (TPSA) is 83.0 Å². The van der Waals surface area contributed by atoms with E-state index in [1.165, 1.54) is 0 Å². The highest BCUT2D eigenvalue weighted by atomic mass is 16.5. The average Bonchev–Trinajstić information content (AvgIpc) is 2.84. The van der Waals surface area contributed by atoms with Crippen molar-refractivity contribution >= 4 is 11.8 Å². The van der Waals surface area contributed by atoms with Crippen LogP contribution in [0.15, 0.2) is 42.6 Å². The van der Waals surface area contributed by atoms with E-state index in [0.717, 1.165) is 0 Å². The van der Waals surface area contributed by atoms with Gasteiger partial charge in [0, 0.05) is 42.8 Å². The molecule has 1 aliphatic heterocycles. The van der Waals surface area contributed by atoms with Crippen LogP contribution in [0.4, 0.5) is 0 Å². The van der Waals surface area contributed by atoms with Crippen LogP contribution >= 0.6 is 0 Å². The normalized spacial score (nSPS) is 18.7. The lowest BCUT2D eigenvalue weighted by Crippen LogP contribution is -2.50. The predicted molar refractivity (Wildman–Crippen MR) is 131 cm³/mol. The number of aromatic nitrogens is 1. The zero-order chi connectivity index (χ0) is 24.8. The van der Waals surface area contributed by atoms with Gasteiger partial charge in [0.1, 0.15) is 11.7 Å². The number of carbonyl (C=O) groups excluding carboxylic acids is 2. The Kier molecular flexibility index (Phi) is 8.30. The highest BCUT2D eigenvalue weighted by Gasteiger charge is 2.34. The highest BCUT2D eigenvalue weighted by molar-refractivity contribution is 5.97. The monoisotopic (exact) mass is 463 g/mol. The Morgan fingerprint density at radius 3 is 2.65 bits per heavy atom. The second-order valence-electron chi connectivity index (χ2n) is 9.18. The first-order valence-corrected chi connectivity index (χ1v) is 11.6. The molecule has 1 aliphatic rings. The van der Waals surface area contributed by atoms with Crippen LogP contribution in [0.3, 0.4) is 0 Å². The van der Waals surface area contributed by atoms with E-state index >= 15 is 0 Å². The SMILES string of the molecule is CC(C)C#Cc1cnc2c(c1)C(=O)N([C@@H](C)CO)C[C@H](C)[C@H](CN(C)C(=O)c1ccccc1)O2. The van der Waals surface area contributed by atoms with E-state index in [-0.39, 0.29) is 42.2 Å². The lowest BCUT2D eigenvalue weighted by atomic mass is 9.99. The third-order valence-corrected chi connectivity index (χ3v) is 5.85. The number of aliphatic hydroxyl groups excluding tert-OH is 1. The van der Waals surface area contributed by atoms with Crippen LogP contribution in [0.25, 0.3) is 0 Å². The lowest BCUT2D eigenvalue weighted by Gasteiger charge is -2.37. The summed E-state index contributed by atoms with van der Waals surface area (Å²) in [7, 11) is 1.74. The van der Waals surface area contributed by atoms with Gasteiger partial charge in [-0.1, -0.05) is 50.8 Å². The van der Waals surface area contributed by atoms with Gasteiger partial charge in [0.15, 0.2) is 0 Å². The largest absolute Gasteiger partial charge is 0.472 e. The van der Waals surface area contributed by atoms with E-state index in [1.807, 2.05) is 45.9 Å². The molecular weight excluding hydrogens is 430 g/mol. The molecule has 0 fully saturated rings. The third-order valence-electron chi connectivity index (χ3n) is 5.85. The van der Waals surface area contributed by atoms with Gasteiger partial charge in [-0.25, -0.2) is 4.98 Å². The van der Waals surface area contributed by atoms with E-state index in [1.54, 1.807) is 41.2 Å². The van der Waals surface area contributed by atoms with Crippen LogP contribution in [0.2, 0.25) is 0 Å². The minimum Gasteiger partial charge on any atom is -0.472 e. The Bertz CT molecular complexity index is 1070. The van der Waals surface area contributed by atoms with E-state index in [0.29, 0.717) is 29.8 Å². The first-order chi connectivity index (χ1) is 16.2. The van der Waals surface area contributed by atoms with Crippen molar-refractivity contribution in [2.24, 2.45) is 11.8 Å². The fourth-order valence-electron chi connectivity index (χ4n) is 3.77. The summed E-state index contributed by atoms with van der Waals surface area (Å²) < 4.78 is 6.26. The number of carbonyl (C=O) groups is 2. The van der Waals surface area contributed by atoms with Crippen LogP contribution in [0, 0.1) is 23.7 Å². The molecule has 34 heavy (non-hydrogen) atoms. The fraction of sp³-hybridized carbons (Fsp3) is 0.444. The average molecular weight is 464 g/mol. The van der Waals surface area contributed by atoms with Gasteiger partial charge in [0.05, 0.1) is 19.2 Å². The van der Waals surface area contributed by atoms with Gasteiger partial charge < -0.3 is 19.6 Å². The molecule has 1 aromatic carbocycles. The molecule has 2 aromatic rings. The quantitative estimate of drug-likeness (QED) is 0.689. The first-order valence-electron chi connectivity index (χ1n) is 11.6. The third kappa shape index (κ3) is 5.95. The summed E-state index contributed by atoms with van der Waals surface area (Å²) in [4.78, 5) is 34.0. The zero-order valence-electron chi connectivity index (χ0n) is 20.5. The van der Waals surface area contributed by atoms with Gasteiger partial charge in [-0.2, -0.15) is 0 Å². The maximum Gasteiger partial charge on any atom is 0.259 e. The van der Waals surface area contributed by atoms with Crippen molar-refractivity contribution in [1.82, 2.24) is 14.8 Å². The van der Waals surface area contributed by atoms with Crippen molar-refractivity contribution in [2.75, 3.05) is 26.7 Å². The lowest BCUT2D eigenvalue weighted by molar-refractivity contribution is 0.0313. The van der Waals surface area contributed by atoms with Crippen molar-refractivity contribution in [3.63, 3.8) is 0 Å². The molecule has 2 amide bonds. The molecule has 0 unspecified atom stereocenters. The van der Waals surface area contributed by atoms with Crippen molar-refractivity contribution in [3.8, 4) is 17.7 Å². The Morgan fingerprint density at radius 1 is 1.29 bits per heavy atom. The Hall–Kier alpha value is -3.37. The van der Waals surface area contributed by atoms with Crippen LogP contribution < -0.4 is 4.74 Å². The smallest absolute Gasteiger partial charge is 0.259 e. The number of nitrogens with zero attached hydrogens (tertiary/aromatic N) is 3. The second kappa shape index (κ2) is 11.2. The molecule has 0 bridgehead atoms. The molecular formula is C27H33N3O4. The van der Waals surface area contributed by atoms with Gasteiger partial charge >= 0.3 is 0 Å². The molecule has 2 heterocycles. The molecule has 7 nitrogen and oxygen atoms in total. The molecule has 0 aliphatic carbocycles. The Balaban J connectivity index is 1.95. The van der Waals surface area contributed by atoms with Gasteiger partial charge in [0.25, 0.3) is 11.8 Å². The summed E-state index contributed by atoms with van der Waals surface area (Å²) in [5.41, 5.74) is 1.54. The van der Waals surface area contributed by atoms with Crippen molar-refractivity contribution in [1.29, 1.82) is 0 Å². The van der Waals surface area contributed by atoms with Crippen LogP contribution in [-0.4, -0.2) is 70.6 Å². The summed E-state index contributed by atoms with van der Waals surface area (Å²) in [6.07, 6.45) is 1.20. The summed E-state index contributed by atoms with van der Waals surface area (Å²) in [5.74, 6) is 6.06. The predicted octanol–water partition coefficient (Wildman–Crippen LogP) is 3.08. The van der Waals surface area contributed by atoms with Gasteiger partial charge in [-0.3, -0.25) is 9.59 Å². The van der Waals surface area contributed by atoms with Gasteiger partial charge in [0.2, 0.25) is 5.88 Å². The number of ether oxygens (including phenoxy) is 1. The molecule has 0 saturated heterocycles. The van der Waals surface area contributed by atoms with E-state index < -0.39 is 6.10 Å². The number of hydrogen-bond donors (Lipinski definition) is 1. The molecule has 3 atom stereocenters. The molecule has 3 rings (SSSR count). The number of fused-ring (bicyclic) bond motifs is 1. The number of rotatable bonds is 5. The van der Waals surface area contributed by atoms with Crippen molar-refractivity contribution in [3.05, 3.63) is 59.3 Å². The van der Waals surface area contributed by atoms with Crippen LogP contribution in [-0.2, 0) is 0 Å². The molecule has 1 N–H and O–H groups in total. The molecule has 180 valence electrons. The van der Waals surface area contributed by atoms with Crippen molar-refractivity contribution in [2.45, 2.75) is 39.8 Å². The minimum atomic E-state index is -0.405. The highest BCUT2D eigenvalue weighted by Crippen LogP contribution is 2.27. The maximum absolute atomic E-state index is 13.4.